The van der Waals surface area contributed by atoms with E-state index in [9.17, 15) is 13.2 Å². The second kappa shape index (κ2) is 16.1. The first kappa shape index (κ1) is 38.7. The third-order valence-corrected chi connectivity index (χ3v) is 6.94. The van der Waals surface area contributed by atoms with E-state index in [0.717, 1.165) is 11.6 Å². The predicted molar refractivity (Wildman–Crippen MR) is 185 cm³/mol. The zero-order chi connectivity index (χ0) is 33.9. The summed E-state index contributed by atoms with van der Waals surface area (Å²) < 4.78 is 38.1. The minimum Gasteiger partial charge on any atom is -0.207 e. The number of benzene rings is 4. The maximum absolute atomic E-state index is 12.7. The molecule has 0 spiro atoms. The standard InChI is InChI=1S/C11H16.C10H12F2.C10H13F.C10H14/c1-9-6-5-7-10(8-9)11(2,3)4;1-10(2,3)7-4-8(11)6-9(12)5-7;1-10(2,3)8-5-4-6-9(11)7-8;1-10(2,3)9-7-5-4-6-8-9/h5-8H,1-4H3;4-6H,1-3H3;4-7H,1-3H3;4-8H,1-3H3. The third kappa shape index (κ3) is 14.9. The highest BCUT2D eigenvalue weighted by Gasteiger charge is 2.16. The van der Waals surface area contributed by atoms with Crippen molar-refractivity contribution in [2.24, 2.45) is 0 Å². The molecule has 0 aromatic heterocycles. The Balaban J connectivity index is 0.000000294. The SMILES string of the molecule is CC(C)(C)c1cc(F)cc(F)c1.CC(C)(C)c1cccc(F)c1.CC(C)(C)c1ccccc1.Cc1cccc(C(C)(C)C)c1. The Morgan fingerprint density at radius 2 is 0.705 bits per heavy atom. The van der Waals surface area contributed by atoms with E-state index in [1.54, 1.807) is 12.1 Å². The quantitative estimate of drug-likeness (QED) is 0.187. The topological polar surface area (TPSA) is 0 Å². The Labute approximate surface area is 266 Å². The predicted octanol–water partition coefficient (Wildman–Crippen LogP) is 12.7. The average molecular weight is 605 g/mol. The van der Waals surface area contributed by atoms with Gasteiger partial charge >= 0.3 is 0 Å². The van der Waals surface area contributed by atoms with Gasteiger partial charge in [-0.3, -0.25) is 0 Å². The molecule has 4 rings (SSSR count). The Morgan fingerprint density at radius 1 is 0.341 bits per heavy atom. The largest absolute Gasteiger partial charge is 0.207 e. The lowest BCUT2D eigenvalue weighted by atomic mass is 9.86. The van der Waals surface area contributed by atoms with Gasteiger partial charge in [0, 0.05) is 6.07 Å². The first-order valence-corrected chi connectivity index (χ1v) is 15.4. The smallest absolute Gasteiger partial charge is 0.126 e. The molecule has 0 atom stereocenters. The van der Waals surface area contributed by atoms with E-state index in [0.29, 0.717) is 11.0 Å². The van der Waals surface area contributed by atoms with Gasteiger partial charge in [-0.1, -0.05) is 155 Å². The summed E-state index contributed by atoms with van der Waals surface area (Å²) in [6.45, 7) is 27.5. The molecule has 0 radical (unpaired) electrons. The summed E-state index contributed by atoms with van der Waals surface area (Å²) in [6.07, 6.45) is 0. The van der Waals surface area contributed by atoms with Crippen LogP contribution in [0.25, 0.3) is 0 Å². The van der Waals surface area contributed by atoms with Crippen LogP contribution in [0.5, 0.6) is 0 Å². The molecule has 0 aliphatic rings. The van der Waals surface area contributed by atoms with Gasteiger partial charge in [0.05, 0.1) is 0 Å². The van der Waals surface area contributed by atoms with Gasteiger partial charge in [-0.05, 0) is 75.1 Å². The molecule has 0 bridgehead atoms. The van der Waals surface area contributed by atoms with E-state index in [1.165, 1.54) is 34.9 Å². The molecule has 0 heterocycles. The van der Waals surface area contributed by atoms with Crippen LogP contribution >= 0.6 is 0 Å². The highest BCUT2D eigenvalue weighted by Crippen LogP contribution is 2.25. The summed E-state index contributed by atoms with van der Waals surface area (Å²) in [5, 5.41) is 0. The monoisotopic (exact) mass is 604 g/mol. The third-order valence-electron chi connectivity index (χ3n) is 6.94. The van der Waals surface area contributed by atoms with Crippen LogP contribution in [0.4, 0.5) is 13.2 Å². The summed E-state index contributed by atoms with van der Waals surface area (Å²) in [5.41, 5.74) is 6.29. The Bertz CT molecular complexity index is 1330. The lowest BCUT2D eigenvalue weighted by molar-refractivity contribution is 0.545. The van der Waals surface area contributed by atoms with Crippen LogP contribution in [0, 0.1) is 24.4 Å². The molecule has 0 aliphatic heterocycles. The van der Waals surface area contributed by atoms with Crippen LogP contribution in [-0.2, 0) is 21.7 Å². The summed E-state index contributed by atoms with van der Waals surface area (Å²) in [4.78, 5) is 0. The maximum Gasteiger partial charge on any atom is 0.126 e. The van der Waals surface area contributed by atoms with Crippen molar-refractivity contribution in [1.29, 1.82) is 0 Å². The maximum atomic E-state index is 12.7. The molecule has 4 aromatic carbocycles. The van der Waals surface area contributed by atoms with E-state index in [4.69, 9.17) is 0 Å². The molecule has 240 valence electrons. The molecule has 3 heteroatoms. The Morgan fingerprint density at radius 3 is 1.02 bits per heavy atom. The highest BCUT2D eigenvalue weighted by atomic mass is 19.1. The van der Waals surface area contributed by atoms with Crippen molar-refractivity contribution in [2.45, 2.75) is 112 Å². The summed E-state index contributed by atoms with van der Waals surface area (Å²) in [7, 11) is 0. The van der Waals surface area contributed by atoms with Gasteiger partial charge in [0.25, 0.3) is 0 Å². The molecule has 0 fully saturated rings. The number of aryl methyl sites for hydroxylation is 1. The van der Waals surface area contributed by atoms with E-state index in [1.807, 2.05) is 26.8 Å². The molecule has 44 heavy (non-hydrogen) atoms. The number of hydrogen-bond donors (Lipinski definition) is 0. The fraction of sp³-hybridized carbons (Fsp3) is 0.415. The first-order chi connectivity index (χ1) is 20.0. The van der Waals surface area contributed by atoms with Crippen molar-refractivity contribution in [3.8, 4) is 0 Å². The molecular formula is C41H55F3. The first-order valence-electron chi connectivity index (χ1n) is 15.4. The molecule has 0 saturated heterocycles. The molecule has 0 saturated carbocycles. The second-order valence-electron chi connectivity index (χ2n) is 15.4. The number of halogens is 3. The summed E-state index contributed by atoms with van der Waals surface area (Å²) in [5.74, 6) is -1.18. The minimum absolute atomic E-state index is 0.0437. The molecule has 4 aromatic rings. The van der Waals surface area contributed by atoms with Gasteiger partial charge in [-0.2, -0.15) is 0 Å². The summed E-state index contributed by atoms with van der Waals surface area (Å²) >= 11 is 0. The van der Waals surface area contributed by atoms with Crippen LogP contribution in [-0.4, -0.2) is 0 Å². The molecular weight excluding hydrogens is 549 g/mol. The zero-order valence-corrected chi connectivity index (χ0v) is 29.4. The van der Waals surface area contributed by atoms with Crippen molar-refractivity contribution in [3.63, 3.8) is 0 Å². The minimum atomic E-state index is -0.514. The van der Waals surface area contributed by atoms with Crippen molar-refractivity contribution < 1.29 is 13.2 Å². The normalized spacial score (nSPS) is 11.6. The molecule has 0 nitrogen and oxygen atoms in total. The van der Waals surface area contributed by atoms with Crippen LogP contribution < -0.4 is 0 Å². The summed E-state index contributed by atoms with van der Waals surface area (Å²) in [6, 6.07) is 29.6. The number of hydrogen-bond acceptors (Lipinski definition) is 0. The fourth-order valence-electron chi connectivity index (χ4n) is 3.99. The molecule has 0 amide bonds. The zero-order valence-electron chi connectivity index (χ0n) is 29.4. The fourth-order valence-corrected chi connectivity index (χ4v) is 3.99. The van der Waals surface area contributed by atoms with Crippen LogP contribution in [0.3, 0.4) is 0 Å². The van der Waals surface area contributed by atoms with Crippen molar-refractivity contribution in [2.75, 3.05) is 0 Å². The van der Waals surface area contributed by atoms with E-state index in [2.05, 4.69) is 124 Å². The van der Waals surface area contributed by atoms with Crippen molar-refractivity contribution in [1.82, 2.24) is 0 Å². The van der Waals surface area contributed by atoms with Gasteiger partial charge in [-0.15, -0.1) is 0 Å². The van der Waals surface area contributed by atoms with Gasteiger partial charge < -0.3 is 0 Å². The van der Waals surface area contributed by atoms with Gasteiger partial charge in [0.2, 0.25) is 0 Å². The van der Waals surface area contributed by atoms with Gasteiger partial charge in [0.1, 0.15) is 17.5 Å². The van der Waals surface area contributed by atoms with Crippen molar-refractivity contribution >= 4 is 0 Å². The van der Waals surface area contributed by atoms with Crippen molar-refractivity contribution in [3.05, 3.63) is 142 Å². The molecule has 0 aliphatic carbocycles. The van der Waals surface area contributed by atoms with E-state index < -0.39 is 11.6 Å². The molecule has 0 N–H and O–H groups in total. The number of rotatable bonds is 0. The highest BCUT2D eigenvalue weighted by molar-refractivity contribution is 5.28. The second-order valence-corrected chi connectivity index (χ2v) is 15.4. The van der Waals surface area contributed by atoms with E-state index in [-0.39, 0.29) is 22.1 Å². The van der Waals surface area contributed by atoms with Crippen LogP contribution in [0.2, 0.25) is 0 Å². The Hall–Kier alpha value is -3.33. The Kier molecular flexibility index (Phi) is 14.2. The van der Waals surface area contributed by atoms with Gasteiger partial charge in [0.15, 0.2) is 0 Å². The molecule has 0 unspecified atom stereocenters. The van der Waals surface area contributed by atoms with E-state index >= 15 is 0 Å². The van der Waals surface area contributed by atoms with Gasteiger partial charge in [-0.25, -0.2) is 13.2 Å². The van der Waals surface area contributed by atoms with Crippen LogP contribution in [0.15, 0.2) is 97.1 Å². The average Bonchev–Trinajstić information content (AvgIpc) is 2.88. The van der Waals surface area contributed by atoms with Crippen LogP contribution in [0.1, 0.15) is 111 Å². The lowest BCUT2D eigenvalue weighted by Crippen LogP contribution is -2.11. The lowest BCUT2D eigenvalue weighted by Gasteiger charge is -2.19.